The molecule has 11 nitrogen and oxygen atoms in total. The summed E-state index contributed by atoms with van der Waals surface area (Å²) in [4.78, 5) is 25.1. The fourth-order valence-electron chi connectivity index (χ4n) is 5.61. The number of rotatable bonds is 15. The van der Waals surface area contributed by atoms with Crippen LogP contribution in [0.1, 0.15) is 49.1 Å². The fraction of sp³-hybridized carbons (Fsp3) is 0.366. The first kappa shape index (κ1) is 38.5. The van der Waals surface area contributed by atoms with Gasteiger partial charge in [-0.3, -0.25) is 0 Å². The van der Waals surface area contributed by atoms with Crippen molar-refractivity contribution in [1.29, 1.82) is 0 Å². The van der Waals surface area contributed by atoms with Gasteiger partial charge in [0.2, 0.25) is 6.29 Å². The van der Waals surface area contributed by atoms with Crippen molar-refractivity contribution in [2.45, 2.75) is 82.9 Å². The second kappa shape index (κ2) is 18.6. The predicted octanol–water partition coefficient (Wildman–Crippen LogP) is 6.28. The van der Waals surface area contributed by atoms with Crippen molar-refractivity contribution in [3.8, 4) is 5.75 Å². The average Bonchev–Trinajstić information content (AvgIpc) is 3.14. The van der Waals surface area contributed by atoms with Crippen molar-refractivity contribution >= 4 is 12.1 Å². The van der Waals surface area contributed by atoms with Crippen molar-refractivity contribution in [3.63, 3.8) is 0 Å². The molecule has 1 aliphatic rings. The molecule has 6 atom stereocenters. The molecule has 0 spiro atoms. The zero-order valence-electron chi connectivity index (χ0n) is 29.9. The maximum atomic E-state index is 12.6. The number of aliphatic hydroxyl groups excluding tert-OH is 1. The number of alkyl carbamates (subject to hydrolysis) is 1. The van der Waals surface area contributed by atoms with E-state index in [1.807, 2.05) is 91.0 Å². The highest BCUT2D eigenvalue weighted by Crippen LogP contribution is 2.31. The zero-order chi connectivity index (χ0) is 36.9. The smallest absolute Gasteiger partial charge is 0.408 e. The summed E-state index contributed by atoms with van der Waals surface area (Å²) in [7, 11) is 1.23. The highest BCUT2D eigenvalue weighted by Gasteiger charge is 2.48. The molecule has 2 N–H and O–H groups in total. The van der Waals surface area contributed by atoms with Crippen LogP contribution in [0.15, 0.2) is 115 Å². The van der Waals surface area contributed by atoms with E-state index >= 15 is 0 Å². The molecule has 4 aromatic rings. The van der Waals surface area contributed by atoms with E-state index in [2.05, 4.69) is 5.32 Å². The highest BCUT2D eigenvalue weighted by molar-refractivity contribution is 5.82. The molecule has 4 aromatic carbocycles. The van der Waals surface area contributed by atoms with Crippen LogP contribution in [0.4, 0.5) is 4.79 Å². The molecule has 0 aliphatic carbocycles. The standard InChI is InChI=1S/C41H47NO10/c1-41(2,3)52-40(45)42-34(38(44)46-4)31-20-22-32(23-21-31)50-39-35(43)37(49-26-30-18-12-7-13-19-30)36(48-25-29-16-10-6-11-17-29)33(51-39)27-47-24-28-14-8-5-9-15-28/h5-23,33-37,39,43H,24-27H2,1-4H3,(H,42,45)/t33-,34?,35-,36-,37-,39-/m1/s1. The van der Waals surface area contributed by atoms with E-state index in [1.54, 1.807) is 45.0 Å². The van der Waals surface area contributed by atoms with Gasteiger partial charge in [-0.05, 0) is 55.2 Å². The molecule has 0 bridgehead atoms. The first-order valence-corrected chi connectivity index (χ1v) is 17.2. The molecule has 276 valence electrons. The molecule has 0 radical (unpaired) electrons. The number of carbonyl (C=O) groups is 2. The van der Waals surface area contributed by atoms with Gasteiger partial charge in [0.15, 0.2) is 6.04 Å². The van der Waals surface area contributed by atoms with Gasteiger partial charge in [-0.1, -0.05) is 103 Å². The number of benzene rings is 4. The molecular weight excluding hydrogens is 666 g/mol. The summed E-state index contributed by atoms with van der Waals surface area (Å²) in [6, 6.07) is 34.5. The Balaban J connectivity index is 1.36. The molecule has 52 heavy (non-hydrogen) atoms. The highest BCUT2D eigenvalue weighted by atomic mass is 16.7. The van der Waals surface area contributed by atoms with E-state index < -0.39 is 54.4 Å². The quantitative estimate of drug-likeness (QED) is 0.136. The fourth-order valence-corrected chi connectivity index (χ4v) is 5.61. The lowest BCUT2D eigenvalue weighted by molar-refractivity contribution is -0.299. The Bertz CT molecular complexity index is 1670. The maximum absolute atomic E-state index is 12.6. The molecule has 1 heterocycles. The molecule has 1 fully saturated rings. The molecule has 1 aliphatic heterocycles. The number of hydrogen-bond donors (Lipinski definition) is 2. The summed E-state index contributed by atoms with van der Waals surface area (Å²) in [5.41, 5.74) is 2.54. The van der Waals surface area contributed by atoms with E-state index in [-0.39, 0.29) is 19.8 Å². The van der Waals surface area contributed by atoms with Gasteiger partial charge in [0.1, 0.15) is 35.8 Å². The summed E-state index contributed by atoms with van der Waals surface area (Å²) in [5.74, 6) is -0.341. The van der Waals surface area contributed by atoms with Crippen LogP contribution in [-0.2, 0) is 53.0 Å². The topological polar surface area (TPSA) is 131 Å². The minimum Gasteiger partial charge on any atom is -0.467 e. The third-order valence-electron chi connectivity index (χ3n) is 8.14. The van der Waals surface area contributed by atoms with Crippen LogP contribution in [0.25, 0.3) is 0 Å². The number of hydrogen-bond acceptors (Lipinski definition) is 10. The van der Waals surface area contributed by atoms with Gasteiger partial charge < -0.3 is 43.6 Å². The number of esters is 1. The van der Waals surface area contributed by atoms with Gasteiger partial charge in [-0.25, -0.2) is 9.59 Å². The van der Waals surface area contributed by atoms with Crippen LogP contribution < -0.4 is 10.1 Å². The summed E-state index contributed by atoms with van der Waals surface area (Å²) in [6.45, 7) is 6.12. The molecule has 11 heteroatoms. The number of aliphatic hydroxyl groups is 1. The minimum absolute atomic E-state index is 0.127. The lowest BCUT2D eigenvalue weighted by atomic mass is 9.98. The largest absolute Gasteiger partial charge is 0.467 e. The van der Waals surface area contributed by atoms with Crippen LogP contribution in [0.3, 0.4) is 0 Å². The first-order chi connectivity index (χ1) is 25.1. The second-order valence-corrected chi connectivity index (χ2v) is 13.3. The Kier molecular flexibility index (Phi) is 13.8. The number of ether oxygens (including phenoxy) is 7. The van der Waals surface area contributed by atoms with Crippen LogP contribution in [0.2, 0.25) is 0 Å². The number of methoxy groups -OCH3 is 1. The van der Waals surface area contributed by atoms with Crippen LogP contribution >= 0.6 is 0 Å². The van der Waals surface area contributed by atoms with Gasteiger partial charge in [0, 0.05) is 0 Å². The first-order valence-electron chi connectivity index (χ1n) is 17.2. The average molecular weight is 714 g/mol. The van der Waals surface area contributed by atoms with E-state index in [0.29, 0.717) is 17.9 Å². The Morgan fingerprint density at radius 1 is 0.750 bits per heavy atom. The molecule has 1 saturated heterocycles. The van der Waals surface area contributed by atoms with Crippen molar-refractivity contribution in [1.82, 2.24) is 5.32 Å². The van der Waals surface area contributed by atoms with Crippen molar-refractivity contribution in [2.24, 2.45) is 0 Å². The minimum atomic E-state index is -1.27. The molecule has 5 rings (SSSR count). The normalized spacial score (nSPS) is 20.8. The van der Waals surface area contributed by atoms with Gasteiger partial charge in [-0.15, -0.1) is 0 Å². The van der Waals surface area contributed by atoms with E-state index in [4.69, 9.17) is 33.2 Å². The van der Waals surface area contributed by atoms with E-state index in [0.717, 1.165) is 16.7 Å². The number of amides is 1. The van der Waals surface area contributed by atoms with Crippen molar-refractivity contribution in [2.75, 3.05) is 13.7 Å². The van der Waals surface area contributed by atoms with Gasteiger partial charge in [-0.2, -0.15) is 0 Å². The molecule has 0 aromatic heterocycles. The summed E-state index contributed by atoms with van der Waals surface area (Å²) >= 11 is 0. The Hall–Kier alpha value is -4.78. The zero-order valence-corrected chi connectivity index (χ0v) is 29.9. The Morgan fingerprint density at radius 2 is 1.27 bits per heavy atom. The monoisotopic (exact) mass is 713 g/mol. The summed E-state index contributed by atoms with van der Waals surface area (Å²) < 4.78 is 41.9. The lowest BCUT2D eigenvalue weighted by Gasteiger charge is -2.44. The van der Waals surface area contributed by atoms with Gasteiger partial charge in [0.05, 0.1) is 33.5 Å². The van der Waals surface area contributed by atoms with Gasteiger partial charge >= 0.3 is 12.1 Å². The van der Waals surface area contributed by atoms with E-state index in [9.17, 15) is 14.7 Å². The Labute approximate surface area is 304 Å². The van der Waals surface area contributed by atoms with E-state index in [1.165, 1.54) is 7.11 Å². The number of carbonyl (C=O) groups excluding carboxylic acids is 2. The lowest BCUT2D eigenvalue weighted by Crippen LogP contribution is -2.61. The molecular formula is C41H47NO10. The maximum Gasteiger partial charge on any atom is 0.408 e. The number of nitrogens with one attached hydrogen (secondary N) is 1. The van der Waals surface area contributed by atoms with Gasteiger partial charge in [0.25, 0.3) is 0 Å². The van der Waals surface area contributed by atoms with Crippen molar-refractivity contribution < 1.29 is 47.9 Å². The SMILES string of the molecule is COC(=O)C(NC(=O)OC(C)(C)C)c1ccc(O[C@@H]2O[C@H](COCc3ccccc3)[C@@H](OCc3ccccc3)[C@H](OCc3ccccc3)[C@H]2O)cc1. The van der Waals surface area contributed by atoms with Crippen LogP contribution in [0.5, 0.6) is 5.75 Å². The predicted molar refractivity (Wildman–Crippen MR) is 192 cm³/mol. The van der Waals surface area contributed by atoms with Crippen LogP contribution in [-0.4, -0.2) is 67.2 Å². The summed E-state index contributed by atoms with van der Waals surface area (Å²) in [6.07, 6.45) is -5.50. The summed E-state index contributed by atoms with van der Waals surface area (Å²) in [5, 5.41) is 14.3. The molecule has 1 amide bonds. The Morgan fingerprint density at radius 3 is 1.79 bits per heavy atom. The molecule has 1 unspecified atom stereocenters. The van der Waals surface area contributed by atoms with Crippen LogP contribution in [0, 0.1) is 0 Å². The molecule has 0 saturated carbocycles. The third kappa shape index (κ3) is 11.4. The second-order valence-electron chi connectivity index (χ2n) is 13.3. The van der Waals surface area contributed by atoms with Crippen molar-refractivity contribution in [3.05, 3.63) is 138 Å². The third-order valence-corrected chi connectivity index (χ3v) is 8.14.